The fraction of sp³-hybridized carbons (Fsp3) is 0.516. The molecule has 2 amide bonds. The molecule has 2 aliphatic heterocycles. The van der Waals surface area contributed by atoms with Crippen molar-refractivity contribution in [2.24, 2.45) is 5.41 Å². The molecule has 0 saturated carbocycles. The first kappa shape index (κ1) is 32.2. The van der Waals surface area contributed by atoms with Crippen LogP contribution in [-0.4, -0.2) is 71.9 Å². The van der Waals surface area contributed by atoms with Crippen LogP contribution in [0.15, 0.2) is 35.3 Å². The van der Waals surface area contributed by atoms with E-state index in [4.69, 9.17) is 0 Å². The molecule has 1 fully saturated rings. The molecule has 2 aliphatic rings. The first-order valence-electron chi connectivity index (χ1n) is 14.3. The zero-order chi connectivity index (χ0) is 31.9. The molecule has 0 radical (unpaired) electrons. The molecule has 43 heavy (non-hydrogen) atoms. The fourth-order valence-corrected chi connectivity index (χ4v) is 5.56. The molecule has 4 rings (SSSR count). The Kier molecular flexibility index (Phi) is 9.10. The Balaban J connectivity index is 1.72. The highest BCUT2D eigenvalue weighted by atomic mass is 19.4. The highest BCUT2D eigenvalue weighted by Gasteiger charge is 2.36. The molecule has 3 heterocycles. The lowest BCUT2D eigenvalue weighted by Gasteiger charge is -2.44. The number of carbonyl (C=O) groups excluding carboxylic acids is 2. The number of H-pyrrole nitrogens is 1. The third kappa shape index (κ3) is 7.46. The number of benzene rings is 1. The van der Waals surface area contributed by atoms with E-state index < -0.39 is 34.6 Å². The molecule has 2 atom stereocenters. The molecule has 0 aliphatic carbocycles. The van der Waals surface area contributed by atoms with Crippen LogP contribution in [0, 0.1) is 11.2 Å². The number of anilines is 2. The second-order valence-corrected chi connectivity index (χ2v) is 12.8. The minimum Gasteiger partial charge on any atom is -0.367 e. The molecule has 2 aromatic rings. The number of halogens is 4. The number of pyridine rings is 1. The van der Waals surface area contributed by atoms with Crippen LogP contribution < -0.4 is 15.8 Å². The topological polar surface area (TPSA) is 88.7 Å². The second-order valence-electron chi connectivity index (χ2n) is 12.8. The summed E-state index contributed by atoms with van der Waals surface area (Å²) in [4.78, 5) is 45.6. The van der Waals surface area contributed by atoms with Gasteiger partial charge in [-0.3, -0.25) is 19.3 Å². The van der Waals surface area contributed by atoms with Gasteiger partial charge in [0.05, 0.1) is 22.5 Å². The second kappa shape index (κ2) is 12.1. The number of rotatable bonds is 5. The van der Waals surface area contributed by atoms with Crippen LogP contribution in [0.4, 0.5) is 28.9 Å². The van der Waals surface area contributed by atoms with Crippen molar-refractivity contribution in [1.29, 1.82) is 0 Å². The SMILES string of the molecule is CC1CN(c2cc(F)c(C3=CCN(C(=O)CC(C)(C)C)CC3)cc2NC(=O)c2c[nH]c(=O)cc2C(F)(F)F)CC(C)N1C. The van der Waals surface area contributed by atoms with E-state index in [1.54, 1.807) is 11.0 Å². The summed E-state index contributed by atoms with van der Waals surface area (Å²) in [6.45, 7) is 11.7. The predicted octanol–water partition coefficient (Wildman–Crippen LogP) is 5.37. The molecular formula is C31H39F4N5O3. The Morgan fingerprint density at radius 3 is 2.28 bits per heavy atom. The maximum absolute atomic E-state index is 15.8. The van der Waals surface area contributed by atoms with Gasteiger partial charge in [-0.2, -0.15) is 13.2 Å². The van der Waals surface area contributed by atoms with Crippen LogP contribution in [0.5, 0.6) is 0 Å². The van der Waals surface area contributed by atoms with E-state index >= 15 is 4.39 Å². The van der Waals surface area contributed by atoms with Crippen molar-refractivity contribution < 1.29 is 27.2 Å². The number of nitrogens with zero attached hydrogens (tertiary/aromatic N) is 3. The van der Waals surface area contributed by atoms with Crippen LogP contribution in [-0.2, 0) is 11.0 Å². The Morgan fingerprint density at radius 2 is 1.72 bits per heavy atom. The standard InChI is InChI=1S/C31H39F4N5O3/c1-18-16-40(17-19(2)38(18)6)26-13-24(32)21(20-7-9-39(10-8-20)28(42)14-30(3,4)5)11-25(26)37-29(43)22-15-36-27(41)12-23(22)31(33,34)35/h7,11-13,15,18-19H,8-10,14,16-17H2,1-6H3,(H,36,41)(H,37,43). The zero-order valence-electron chi connectivity index (χ0n) is 25.4. The maximum atomic E-state index is 15.8. The number of hydrogen-bond donors (Lipinski definition) is 2. The number of likely N-dealkylation sites (N-methyl/N-ethyl adjacent to an activating group) is 1. The maximum Gasteiger partial charge on any atom is 0.417 e. The van der Waals surface area contributed by atoms with Crippen molar-refractivity contribution in [3.05, 3.63) is 63.3 Å². The Hall–Kier alpha value is -3.67. The van der Waals surface area contributed by atoms with Gasteiger partial charge in [0.25, 0.3) is 5.91 Å². The molecule has 234 valence electrons. The van der Waals surface area contributed by atoms with Gasteiger partial charge in [0.1, 0.15) is 5.82 Å². The molecular weight excluding hydrogens is 566 g/mol. The number of aromatic amines is 1. The highest BCUT2D eigenvalue weighted by Crippen LogP contribution is 2.37. The van der Waals surface area contributed by atoms with Crippen LogP contribution in [0.25, 0.3) is 5.57 Å². The fourth-order valence-electron chi connectivity index (χ4n) is 5.56. The third-order valence-electron chi connectivity index (χ3n) is 8.10. The van der Waals surface area contributed by atoms with Gasteiger partial charge in [0.2, 0.25) is 11.5 Å². The average Bonchev–Trinajstić information content (AvgIpc) is 2.90. The number of amides is 2. The summed E-state index contributed by atoms with van der Waals surface area (Å²) in [6.07, 6.45) is -1.68. The number of carbonyl (C=O) groups is 2. The van der Waals surface area contributed by atoms with E-state index in [-0.39, 0.29) is 34.7 Å². The molecule has 1 saturated heterocycles. The van der Waals surface area contributed by atoms with Crippen molar-refractivity contribution in [3.8, 4) is 0 Å². The summed E-state index contributed by atoms with van der Waals surface area (Å²) in [6, 6.07) is 3.28. The zero-order valence-corrected chi connectivity index (χ0v) is 25.4. The van der Waals surface area contributed by atoms with Crippen molar-refractivity contribution in [3.63, 3.8) is 0 Å². The lowest BCUT2D eigenvalue weighted by molar-refractivity contribution is -0.138. The Bertz CT molecular complexity index is 1470. The highest BCUT2D eigenvalue weighted by molar-refractivity contribution is 6.07. The molecule has 0 spiro atoms. The Labute approximate surface area is 248 Å². The number of piperazine rings is 1. The van der Waals surface area contributed by atoms with Crippen molar-refractivity contribution >= 4 is 28.8 Å². The lowest BCUT2D eigenvalue weighted by Crippen LogP contribution is -2.55. The third-order valence-corrected chi connectivity index (χ3v) is 8.10. The number of alkyl halides is 3. The van der Waals surface area contributed by atoms with E-state index in [9.17, 15) is 27.6 Å². The quantitative estimate of drug-likeness (QED) is 0.448. The molecule has 2 unspecified atom stereocenters. The summed E-state index contributed by atoms with van der Waals surface area (Å²) >= 11 is 0. The van der Waals surface area contributed by atoms with Gasteiger partial charge in [0, 0.05) is 62.5 Å². The molecule has 2 N–H and O–H groups in total. The van der Waals surface area contributed by atoms with E-state index in [1.807, 2.05) is 46.6 Å². The number of hydrogen-bond acceptors (Lipinski definition) is 5. The van der Waals surface area contributed by atoms with Crippen LogP contribution in [0.3, 0.4) is 0 Å². The summed E-state index contributed by atoms with van der Waals surface area (Å²) in [5.41, 5.74) is -1.95. The van der Waals surface area contributed by atoms with Crippen molar-refractivity contribution in [1.82, 2.24) is 14.8 Å². The summed E-state index contributed by atoms with van der Waals surface area (Å²) in [7, 11) is 1.99. The minimum absolute atomic E-state index is 0.00579. The van der Waals surface area contributed by atoms with Gasteiger partial charge in [-0.25, -0.2) is 4.39 Å². The molecule has 0 bridgehead atoms. The van der Waals surface area contributed by atoms with E-state index in [0.29, 0.717) is 56.3 Å². The normalized spacial score (nSPS) is 20.2. The number of aromatic nitrogens is 1. The van der Waals surface area contributed by atoms with Crippen LogP contribution in [0.2, 0.25) is 0 Å². The van der Waals surface area contributed by atoms with Crippen molar-refractivity contribution in [2.45, 2.75) is 65.7 Å². The van der Waals surface area contributed by atoms with Gasteiger partial charge < -0.3 is 20.1 Å². The van der Waals surface area contributed by atoms with E-state index in [2.05, 4.69) is 15.2 Å². The lowest BCUT2D eigenvalue weighted by atomic mass is 9.91. The first-order chi connectivity index (χ1) is 19.9. The largest absolute Gasteiger partial charge is 0.417 e. The van der Waals surface area contributed by atoms with Gasteiger partial charge in [-0.1, -0.05) is 26.8 Å². The summed E-state index contributed by atoms with van der Waals surface area (Å²) < 4.78 is 57.0. The average molecular weight is 606 g/mol. The van der Waals surface area contributed by atoms with Gasteiger partial charge in [-0.15, -0.1) is 0 Å². The monoisotopic (exact) mass is 605 g/mol. The van der Waals surface area contributed by atoms with Crippen LogP contribution >= 0.6 is 0 Å². The number of nitrogens with one attached hydrogen (secondary N) is 2. The van der Waals surface area contributed by atoms with Crippen LogP contribution in [0.1, 0.15) is 68.9 Å². The van der Waals surface area contributed by atoms with Crippen molar-refractivity contribution in [2.75, 3.05) is 43.4 Å². The van der Waals surface area contributed by atoms with Gasteiger partial charge in [-0.05, 0) is 50.4 Å². The van der Waals surface area contributed by atoms with Gasteiger partial charge >= 0.3 is 6.18 Å². The molecule has 12 heteroatoms. The van der Waals surface area contributed by atoms with E-state index in [1.165, 1.54) is 12.1 Å². The first-order valence-corrected chi connectivity index (χ1v) is 14.3. The molecule has 8 nitrogen and oxygen atoms in total. The van der Waals surface area contributed by atoms with Gasteiger partial charge in [0.15, 0.2) is 0 Å². The summed E-state index contributed by atoms with van der Waals surface area (Å²) in [5, 5.41) is 2.58. The van der Waals surface area contributed by atoms with E-state index in [0.717, 1.165) is 6.20 Å². The summed E-state index contributed by atoms with van der Waals surface area (Å²) in [5.74, 6) is -1.62. The minimum atomic E-state index is -4.94. The molecule has 1 aromatic carbocycles. The predicted molar refractivity (Wildman–Crippen MR) is 159 cm³/mol. The Morgan fingerprint density at radius 1 is 1.07 bits per heavy atom. The smallest absolute Gasteiger partial charge is 0.367 e. The molecule has 1 aromatic heterocycles.